The van der Waals surface area contributed by atoms with Crippen LogP contribution in [-0.4, -0.2) is 51.1 Å². The summed E-state index contributed by atoms with van der Waals surface area (Å²) in [5, 5.41) is 4.21. The Bertz CT molecular complexity index is 747. The monoisotopic (exact) mass is 316 g/mol. The van der Waals surface area contributed by atoms with Gasteiger partial charge in [-0.05, 0) is 33.1 Å². The number of carbonyl (C=O) groups excluding carboxylic acids is 2. The van der Waals surface area contributed by atoms with Crippen LogP contribution in [-0.2, 0) is 4.74 Å². The Morgan fingerprint density at radius 1 is 1.17 bits per heavy atom. The van der Waals surface area contributed by atoms with Gasteiger partial charge in [0.2, 0.25) is 0 Å². The van der Waals surface area contributed by atoms with Gasteiger partial charge in [-0.3, -0.25) is 4.79 Å². The zero-order chi connectivity index (χ0) is 16.4. The fourth-order valence-corrected chi connectivity index (χ4v) is 3.04. The van der Waals surface area contributed by atoms with E-state index >= 15 is 0 Å². The summed E-state index contributed by atoms with van der Waals surface area (Å²) in [6.07, 6.45) is 6.15. The summed E-state index contributed by atoms with van der Waals surface area (Å²) < 4.78 is 6.67. The van der Waals surface area contributed by atoms with Gasteiger partial charge in [-0.25, -0.2) is 14.3 Å². The molecule has 7 heteroatoms. The lowest BCUT2D eigenvalue weighted by Crippen LogP contribution is -2.36. The maximum Gasteiger partial charge on any atom is 0.340 e. The summed E-state index contributed by atoms with van der Waals surface area (Å²) in [5.41, 5.74) is 1.56. The van der Waals surface area contributed by atoms with E-state index < -0.39 is 5.97 Å². The van der Waals surface area contributed by atoms with Crippen molar-refractivity contribution < 1.29 is 14.3 Å². The van der Waals surface area contributed by atoms with Crippen molar-refractivity contribution in [2.75, 3.05) is 19.7 Å². The molecule has 1 amide bonds. The molecule has 7 nitrogen and oxygen atoms in total. The van der Waals surface area contributed by atoms with Crippen LogP contribution in [0, 0.1) is 6.92 Å². The third-order valence-corrected chi connectivity index (χ3v) is 4.14. The number of esters is 1. The number of likely N-dealkylation sites (tertiary alicyclic amines) is 1. The average molecular weight is 316 g/mol. The van der Waals surface area contributed by atoms with Gasteiger partial charge in [0.15, 0.2) is 5.65 Å². The lowest BCUT2D eigenvalue weighted by atomic mass is 10.1. The van der Waals surface area contributed by atoms with E-state index in [1.807, 2.05) is 0 Å². The second-order valence-electron chi connectivity index (χ2n) is 5.59. The Morgan fingerprint density at radius 3 is 2.61 bits per heavy atom. The minimum atomic E-state index is -0.502. The maximum absolute atomic E-state index is 13.0. The third kappa shape index (κ3) is 2.67. The van der Waals surface area contributed by atoms with Crippen molar-refractivity contribution in [2.24, 2.45) is 0 Å². The molecule has 1 aliphatic rings. The molecule has 2 aromatic heterocycles. The highest BCUT2D eigenvalue weighted by Crippen LogP contribution is 2.25. The molecule has 2 aromatic rings. The normalized spacial score (nSPS) is 15.0. The Hall–Kier alpha value is -2.44. The van der Waals surface area contributed by atoms with Crippen LogP contribution in [0.5, 0.6) is 0 Å². The molecule has 23 heavy (non-hydrogen) atoms. The summed E-state index contributed by atoms with van der Waals surface area (Å²) in [4.78, 5) is 31.4. The first-order valence-electron chi connectivity index (χ1n) is 7.93. The topological polar surface area (TPSA) is 76.8 Å². The van der Waals surface area contributed by atoms with Crippen molar-refractivity contribution in [1.29, 1.82) is 0 Å². The lowest BCUT2D eigenvalue weighted by molar-refractivity contribution is 0.0517. The standard InChI is InChI=1S/C16H20N4O3/c1-3-23-16(22)12-11(2)20-14(17-7-8-18-20)13(12)15(21)19-9-5-4-6-10-19/h7-8H,3-6,9-10H2,1-2H3. The van der Waals surface area contributed by atoms with Crippen LogP contribution in [0.1, 0.15) is 52.6 Å². The zero-order valence-electron chi connectivity index (χ0n) is 13.4. The van der Waals surface area contributed by atoms with Gasteiger partial charge in [0.1, 0.15) is 5.56 Å². The molecule has 1 aliphatic heterocycles. The number of rotatable bonds is 3. The highest BCUT2D eigenvalue weighted by atomic mass is 16.5. The van der Waals surface area contributed by atoms with E-state index in [1.165, 1.54) is 16.9 Å². The van der Waals surface area contributed by atoms with E-state index in [9.17, 15) is 9.59 Å². The van der Waals surface area contributed by atoms with Gasteiger partial charge in [0, 0.05) is 19.3 Å². The van der Waals surface area contributed by atoms with Crippen LogP contribution >= 0.6 is 0 Å². The third-order valence-electron chi connectivity index (χ3n) is 4.14. The van der Waals surface area contributed by atoms with Gasteiger partial charge in [-0.2, -0.15) is 5.10 Å². The Labute approximate surface area is 134 Å². The number of fused-ring (bicyclic) bond motifs is 1. The number of piperidine rings is 1. The molecule has 0 radical (unpaired) electrons. The summed E-state index contributed by atoms with van der Waals surface area (Å²) in [6.45, 7) is 5.16. The minimum Gasteiger partial charge on any atom is -0.462 e. The van der Waals surface area contributed by atoms with E-state index in [2.05, 4.69) is 10.1 Å². The zero-order valence-corrected chi connectivity index (χ0v) is 13.4. The van der Waals surface area contributed by atoms with Crippen LogP contribution in [0.4, 0.5) is 0 Å². The first-order chi connectivity index (χ1) is 11.1. The highest BCUT2D eigenvalue weighted by Gasteiger charge is 2.31. The minimum absolute atomic E-state index is 0.168. The fraction of sp³-hybridized carbons (Fsp3) is 0.500. The van der Waals surface area contributed by atoms with Gasteiger partial charge < -0.3 is 9.64 Å². The molecular weight excluding hydrogens is 296 g/mol. The maximum atomic E-state index is 13.0. The van der Waals surface area contributed by atoms with Crippen LogP contribution in [0.25, 0.3) is 5.65 Å². The molecule has 1 fully saturated rings. The van der Waals surface area contributed by atoms with E-state index in [1.54, 1.807) is 18.7 Å². The first-order valence-corrected chi connectivity index (χ1v) is 7.93. The molecule has 122 valence electrons. The Morgan fingerprint density at radius 2 is 1.91 bits per heavy atom. The predicted molar refractivity (Wildman–Crippen MR) is 83.4 cm³/mol. The number of hydrogen-bond acceptors (Lipinski definition) is 5. The number of ether oxygens (including phenoxy) is 1. The van der Waals surface area contributed by atoms with Gasteiger partial charge in [0.25, 0.3) is 5.91 Å². The van der Waals surface area contributed by atoms with Gasteiger partial charge >= 0.3 is 5.97 Å². The smallest absolute Gasteiger partial charge is 0.340 e. The molecular formula is C16H20N4O3. The van der Waals surface area contributed by atoms with Crippen LogP contribution in [0.2, 0.25) is 0 Å². The van der Waals surface area contributed by atoms with Crippen LogP contribution in [0.15, 0.2) is 12.4 Å². The van der Waals surface area contributed by atoms with Crippen molar-refractivity contribution in [3.05, 3.63) is 29.2 Å². The molecule has 0 aliphatic carbocycles. The predicted octanol–water partition coefficient (Wildman–Crippen LogP) is 1.84. The van der Waals surface area contributed by atoms with Crippen molar-refractivity contribution >= 4 is 17.5 Å². The molecule has 3 rings (SSSR count). The van der Waals surface area contributed by atoms with Crippen molar-refractivity contribution in [3.8, 4) is 0 Å². The van der Waals surface area contributed by atoms with Crippen molar-refractivity contribution in [2.45, 2.75) is 33.1 Å². The molecule has 0 atom stereocenters. The molecule has 1 saturated heterocycles. The van der Waals surface area contributed by atoms with Gasteiger partial charge in [-0.15, -0.1) is 0 Å². The Kier molecular flexibility index (Phi) is 4.27. The highest BCUT2D eigenvalue weighted by molar-refractivity contribution is 6.10. The molecule has 0 N–H and O–H groups in total. The molecule has 0 spiro atoms. The second-order valence-corrected chi connectivity index (χ2v) is 5.59. The van der Waals surface area contributed by atoms with Crippen LogP contribution < -0.4 is 0 Å². The molecule has 0 unspecified atom stereocenters. The fourth-order valence-electron chi connectivity index (χ4n) is 3.04. The number of amides is 1. The Balaban J connectivity index is 2.14. The number of aromatic nitrogens is 3. The SMILES string of the molecule is CCOC(=O)c1c(C(=O)N2CCCCC2)c2nccnn2c1C. The van der Waals surface area contributed by atoms with E-state index in [0.717, 1.165) is 19.3 Å². The van der Waals surface area contributed by atoms with Gasteiger partial charge in [0.05, 0.1) is 24.1 Å². The number of carbonyl (C=O) groups is 2. The summed E-state index contributed by atoms with van der Waals surface area (Å²) in [7, 11) is 0. The van der Waals surface area contributed by atoms with Crippen molar-refractivity contribution in [1.82, 2.24) is 19.5 Å². The molecule has 0 aromatic carbocycles. The largest absolute Gasteiger partial charge is 0.462 e. The molecule has 0 saturated carbocycles. The summed E-state index contributed by atoms with van der Waals surface area (Å²) >= 11 is 0. The second kappa shape index (κ2) is 6.36. The number of hydrogen-bond donors (Lipinski definition) is 0. The molecule has 0 bridgehead atoms. The summed E-state index contributed by atoms with van der Waals surface area (Å²) in [5.74, 6) is -0.670. The van der Waals surface area contributed by atoms with E-state index in [4.69, 9.17) is 4.74 Å². The van der Waals surface area contributed by atoms with Crippen molar-refractivity contribution in [3.63, 3.8) is 0 Å². The van der Waals surface area contributed by atoms with Crippen LogP contribution in [0.3, 0.4) is 0 Å². The number of nitrogens with zero attached hydrogens (tertiary/aromatic N) is 4. The quantitative estimate of drug-likeness (QED) is 0.808. The van der Waals surface area contributed by atoms with Gasteiger partial charge in [-0.1, -0.05) is 0 Å². The first kappa shape index (κ1) is 15.5. The lowest BCUT2D eigenvalue weighted by Gasteiger charge is -2.26. The average Bonchev–Trinajstić information content (AvgIpc) is 2.88. The summed E-state index contributed by atoms with van der Waals surface area (Å²) in [6, 6.07) is 0. The number of aryl methyl sites for hydroxylation is 1. The van der Waals surface area contributed by atoms with E-state index in [0.29, 0.717) is 30.0 Å². The molecule has 3 heterocycles. The van der Waals surface area contributed by atoms with E-state index in [-0.39, 0.29) is 18.1 Å².